The van der Waals surface area contributed by atoms with Crippen molar-refractivity contribution in [2.75, 3.05) is 53.6 Å². The van der Waals surface area contributed by atoms with E-state index in [1.54, 1.807) is 25.3 Å². The van der Waals surface area contributed by atoms with Crippen molar-refractivity contribution in [1.82, 2.24) is 14.8 Å². The molecular weight excluding hydrogens is 487 g/mol. The van der Waals surface area contributed by atoms with E-state index >= 15 is 0 Å². The highest BCUT2D eigenvalue weighted by Crippen LogP contribution is 2.26. The highest BCUT2D eigenvalue weighted by molar-refractivity contribution is 5.83. The molecule has 0 bridgehead atoms. The molecule has 2 heterocycles. The molecule has 0 saturated carbocycles. The van der Waals surface area contributed by atoms with Crippen LogP contribution in [0.5, 0.6) is 11.5 Å². The Morgan fingerprint density at radius 3 is 2.68 bits per heavy atom. The molecule has 1 aromatic heterocycles. The van der Waals surface area contributed by atoms with Crippen LogP contribution in [-0.2, 0) is 16.0 Å². The minimum Gasteiger partial charge on any atom is -0.497 e. The second-order valence-electron chi connectivity index (χ2n) is 8.87. The minimum atomic E-state index is -0.629. The summed E-state index contributed by atoms with van der Waals surface area (Å²) in [6, 6.07) is 7.94. The molecule has 0 amide bonds. The number of carbonyl (C=O) groups excluding carboxylic acids is 1. The third-order valence-corrected chi connectivity index (χ3v) is 6.61. The van der Waals surface area contributed by atoms with Crippen LogP contribution in [0.1, 0.15) is 12.0 Å². The molecule has 1 aliphatic heterocycles. The van der Waals surface area contributed by atoms with Crippen LogP contribution in [0.2, 0.25) is 0 Å². The van der Waals surface area contributed by atoms with E-state index in [4.69, 9.17) is 14.2 Å². The van der Waals surface area contributed by atoms with Crippen molar-refractivity contribution >= 4 is 16.9 Å². The number of benzene rings is 2. The number of hydrogen-bond donors (Lipinski definition) is 0. The smallest absolute Gasteiger partial charge is 0.324 e. The highest BCUT2D eigenvalue weighted by atomic mass is 19.1. The molecule has 0 unspecified atom stereocenters. The molecule has 0 spiro atoms. The zero-order chi connectivity index (χ0) is 26.4. The van der Waals surface area contributed by atoms with Crippen LogP contribution in [0.3, 0.4) is 0 Å². The standard InChI is InChI=1S/C27H30F3N3O4/c1-35-19-6-8-24-21(15-19)20(23(30)16-31-24)4-3-9-33-11-10-32(17-25(33)27(34)36-2)12-13-37-26-14-18(28)5-7-22(26)29/h5-8,14-16,25H,3-4,9-13,17H2,1-2H3/t25-/m1/s1. The van der Waals surface area contributed by atoms with Crippen LogP contribution in [0, 0.1) is 17.5 Å². The van der Waals surface area contributed by atoms with Crippen LogP contribution < -0.4 is 9.47 Å². The number of halogens is 3. The van der Waals surface area contributed by atoms with E-state index in [0.29, 0.717) is 67.8 Å². The van der Waals surface area contributed by atoms with Crippen molar-refractivity contribution in [3.05, 3.63) is 65.6 Å². The number of rotatable bonds is 10. The largest absolute Gasteiger partial charge is 0.497 e. The van der Waals surface area contributed by atoms with Gasteiger partial charge in [-0.25, -0.2) is 13.2 Å². The maximum atomic E-state index is 14.7. The topological polar surface area (TPSA) is 64.1 Å². The van der Waals surface area contributed by atoms with Gasteiger partial charge in [0.2, 0.25) is 0 Å². The summed E-state index contributed by atoms with van der Waals surface area (Å²) in [5.74, 6) is -1.44. The van der Waals surface area contributed by atoms with Gasteiger partial charge >= 0.3 is 5.97 Å². The number of ether oxygens (including phenoxy) is 3. The lowest BCUT2D eigenvalue weighted by atomic mass is 10.0. The Balaban J connectivity index is 1.35. The number of piperazine rings is 1. The normalized spacial score (nSPS) is 16.6. The van der Waals surface area contributed by atoms with Gasteiger partial charge in [0.25, 0.3) is 0 Å². The van der Waals surface area contributed by atoms with Gasteiger partial charge in [0.1, 0.15) is 30.0 Å². The van der Waals surface area contributed by atoms with Crippen molar-refractivity contribution in [3.63, 3.8) is 0 Å². The molecule has 1 fully saturated rings. The second kappa shape index (κ2) is 12.2. The average Bonchev–Trinajstić information content (AvgIpc) is 2.91. The summed E-state index contributed by atoms with van der Waals surface area (Å²) < 4.78 is 57.5. The number of hydrogen-bond acceptors (Lipinski definition) is 7. The van der Waals surface area contributed by atoms with Crippen molar-refractivity contribution in [1.29, 1.82) is 0 Å². The van der Waals surface area contributed by atoms with E-state index < -0.39 is 17.7 Å². The molecule has 7 nitrogen and oxygen atoms in total. The fourth-order valence-electron chi connectivity index (χ4n) is 4.62. The first-order valence-electron chi connectivity index (χ1n) is 12.1. The van der Waals surface area contributed by atoms with Gasteiger partial charge in [-0.3, -0.25) is 19.6 Å². The predicted octanol–water partition coefficient (Wildman–Crippen LogP) is 3.83. The van der Waals surface area contributed by atoms with E-state index in [2.05, 4.69) is 4.98 Å². The first-order chi connectivity index (χ1) is 17.9. The van der Waals surface area contributed by atoms with Crippen LogP contribution >= 0.6 is 0 Å². The van der Waals surface area contributed by atoms with Gasteiger partial charge in [0.05, 0.1) is 25.9 Å². The van der Waals surface area contributed by atoms with Crippen molar-refractivity contribution in [2.45, 2.75) is 18.9 Å². The molecule has 1 aliphatic rings. The summed E-state index contributed by atoms with van der Waals surface area (Å²) in [5.41, 5.74) is 1.26. The van der Waals surface area contributed by atoms with Crippen LogP contribution in [0.15, 0.2) is 42.6 Å². The SMILES string of the molecule is COC(=O)[C@H]1CN(CCOc2cc(F)ccc2F)CCN1CCCc1c(F)cnc2ccc(OC)cc12. The van der Waals surface area contributed by atoms with E-state index in [1.165, 1.54) is 13.3 Å². The molecule has 1 atom stereocenters. The maximum Gasteiger partial charge on any atom is 0.324 e. The Morgan fingerprint density at radius 1 is 1.05 bits per heavy atom. The molecule has 198 valence electrons. The van der Waals surface area contributed by atoms with Crippen molar-refractivity contribution in [3.8, 4) is 11.5 Å². The number of methoxy groups -OCH3 is 2. The number of pyridine rings is 1. The van der Waals surface area contributed by atoms with Crippen molar-refractivity contribution in [2.24, 2.45) is 0 Å². The quantitative estimate of drug-likeness (QED) is 0.379. The first kappa shape index (κ1) is 26.7. The molecular formula is C27H30F3N3O4. The lowest BCUT2D eigenvalue weighted by Crippen LogP contribution is -2.57. The zero-order valence-corrected chi connectivity index (χ0v) is 20.9. The third kappa shape index (κ3) is 6.50. The summed E-state index contributed by atoms with van der Waals surface area (Å²) in [5, 5.41) is 0.712. The Morgan fingerprint density at radius 2 is 1.89 bits per heavy atom. The number of carbonyl (C=O) groups is 1. The average molecular weight is 518 g/mol. The number of fused-ring (bicyclic) bond motifs is 1. The summed E-state index contributed by atoms with van der Waals surface area (Å²) in [6.07, 6.45) is 2.33. The fraction of sp³-hybridized carbons (Fsp3) is 0.407. The number of aryl methyl sites for hydroxylation is 1. The summed E-state index contributed by atoms with van der Waals surface area (Å²) in [7, 11) is 2.91. The number of aromatic nitrogens is 1. The molecule has 37 heavy (non-hydrogen) atoms. The monoisotopic (exact) mass is 517 g/mol. The Kier molecular flexibility index (Phi) is 8.83. The summed E-state index contributed by atoms with van der Waals surface area (Å²) in [4.78, 5) is 20.8. The zero-order valence-electron chi connectivity index (χ0n) is 20.9. The lowest BCUT2D eigenvalue weighted by molar-refractivity contribution is -0.149. The second-order valence-corrected chi connectivity index (χ2v) is 8.87. The molecule has 1 saturated heterocycles. The summed E-state index contributed by atoms with van der Waals surface area (Å²) in [6.45, 7) is 2.82. The summed E-state index contributed by atoms with van der Waals surface area (Å²) >= 11 is 0. The van der Waals surface area contributed by atoms with E-state index in [0.717, 1.165) is 18.2 Å². The molecule has 4 rings (SSSR count). The van der Waals surface area contributed by atoms with Crippen LogP contribution in [0.25, 0.3) is 10.9 Å². The fourth-order valence-corrected chi connectivity index (χ4v) is 4.62. The van der Waals surface area contributed by atoms with E-state index in [1.807, 2.05) is 9.80 Å². The molecule has 2 aromatic carbocycles. The number of nitrogens with zero attached hydrogens (tertiary/aromatic N) is 3. The van der Waals surface area contributed by atoms with Gasteiger partial charge in [-0.15, -0.1) is 0 Å². The van der Waals surface area contributed by atoms with Gasteiger partial charge in [-0.2, -0.15) is 0 Å². The molecule has 10 heteroatoms. The van der Waals surface area contributed by atoms with Gasteiger partial charge in [0.15, 0.2) is 11.6 Å². The number of esters is 1. The van der Waals surface area contributed by atoms with Crippen molar-refractivity contribution < 1.29 is 32.2 Å². The van der Waals surface area contributed by atoms with Gasteiger partial charge in [-0.05, 0) is 55.3 Å². The lowest BCUT2D eigenvalue weighted by Gasteiger charge is -2.39. The van der Waals surface area contributed by atoms with Crippen LogP contribution in [-0.4, -0.2) is 80.3 Å². The molecule has 0 aliphatic carbocycles. The maximum absolute atomic E-state index is 14.7. The molecule has 3 aromatic rings. The Hall–Kier alpha value is -3.37. The first-order valence-corrected chi connectivity index (χ1v) is 12.1. The minimum absolute atomic E-state index is 0.142. The van der Waals surface area contributed by atoms with E-state index in [9.17, 15) is 18.0 Å². The van der Waals surface area contributed by atoms with E-state index in [-0.39, 0.29) is 24.1 Å². The Bertz CT molecular complexity index is 1240. The van der Waals surface area contributed by atoms with Gasteiger partial charge in [0, 0.05) is 37.6 Å². The highest BCUT2D eigenvalue weighted by Gasteiger charge is 2.32. The predicted molar refractivity (Wildman–Crippen MR) is 132 cm³/mol. The third-order valence-electron chi connectivity index (χ3n) is 6.61. The molecule has 0 radical (unpaired) electrons. The van der Waals surface area contributed by atoms with Crippen LogP contribution in [0.4, 0.5) is 13.2 Å². The molecule has 0 N–H and O–H groups in total. The Labute approximate surface area is 213 Å². The van der Waals surface area contributed by atoms with Gasteiger partial charge < -0.3 is 14.2 Å². The van der Waals surface area contributed by atoms with Gasteiger partial charge in [-0.1, -0.05) is 0 Å².